The van der Waals surface area contributed by atoms with Crippen LogP contribution in [0.3, 0.4) is 0 Å². The fourth-order valence-electron chi connectivity index (χ4n) is 1.46. The Morgan fingerprint density at radius 2 is 2.21 bits per heavy atom. The van der Waals surface area contributed by atoms with E-state index in [1.807, 2.05) is 11.6 Å². The van der Waals surface area contributed by atoms with E-state index in [2.05, 4.69) is 38.0 Å². The first kappa shape index (κ1) is 11.7. The Labute approximate surface area is 90.8 Å². The van der Waals surface area contributed by atoms with E-state index < -0.39 is 0 Å². The van der Waals surface area contributed by atoms with Crippen LogP contribution in [0, 0.1) is 5.41 Å². The largest absolute Gasteiger partial charge is 0.313 e. The van der Waals surface area contributed by atoms with Crippen molar-refractivity contribution in [3.05, 3.63) is 16.6 Å². The zero-order chi connectivity index (χ0) is 10.6. The van der Waals surface area contributed by atoms with E-state index in [-0.39, 0.29) is 0 Å². The van der Waals surface area contributed by atoms with Crippen LogP contribution in [0.4, 0.5) is 0 Å². The lowest BCUT2D eigenvalue weighted by atomic mass is 9.85. The molecule has 3 heteroatoms. The SMILES string of the molecule is CCNC(Cc1nccs1)C(C)(C)C. The first-order valence-corrected chi connectivity index (χ1v) is 6.03. The predicted octanol–water partition coefficient (Wildman–Crippen LogP) is 2.71. The smallest absolute Gasteiger partial charge is 0.0940 e. The number of hydrogen-bond donors (Lipinski definition) is 1. The van der Waals surface area contributed by atoms with Crippen LogP contribution in [0.5, 0.6) is 0 Å². The summed E-state index contributed by atoms with van der Waals surface area (Å²) in [6.07, 6.45) is 2.92. The van der Waals surface area contributed by atoms with Crippen molar-refractivity contribution in [3.63, 3.8) is 0 Å². The fourth-order valence-corrected chi connectivity index (χ4v) is 2.12. The maximum absolute atomic E-state index is 4.33. The van der Waals surface area contributed by atoms with Crippen LogP contribution < -0.4 is 5.32 Å². The summed E-state index contributed by atoms with van der Waals surface area (Å²) in [5.74, 6) is 0. The summed E-state index contributed by atoms with van der Waals surface area (Å²) in [4.78, 5) is 4.33. The molecule has 0 aliphatic rings. The number of hydrogen-bond acceptors (Lipinski definition) is 3. The van der Waals surface area contributed by atoms with Gasteiger partial charge in [0.05, 0.1) is 5.01 Å². The topological polar surface area (TPSA) is 24.9 Å². The lowest BCUT2D eigenvalue weighted by molar-refractivity contribution is 0.270. The second-order valence-electron chi connectivity index (χ2n) is 4.61. The lowest BCUT2D eigenvalue weighted by Gasteiger charge is -2.30. The van der Waals surface area contributed by atoms with Gasteiger partial charge >= 0.3 is 0 Å². The summed E-state index contributed by atoms with van der Waals surface area (Å²) in [7, 11) is 0. The summed E-state index contributed by atoms with van der Waals surface area (Å²) < 4.78 is 0. The summed E-state index contributed by atoms with van der Waals surface area (Å²) in [6, 6.07) is 0.513. The molecule has 0 saturated heterocycles. The molecule has 1 atom stereocenters. The van der Waals surface area contributed by atoms with Gasteiger partial charge in [0.25, 0.3) is 0 Å². The molecule has 0 fully saturated rings. The highest BCUT2D eigenvalue weighted by Gasteiger charge is 2.24. The molecule has 0 aromatic carbocycles. The highest BCUT2D eigenvalue weighted by molar-refractivity contribution is 7.09. The van der Waals surface area contributed by atoms with Crippen LogP contribution in [0.15, 0.2) is 11.6 Å². The molecule has 2 nitrogen and oxygen atoms in total. The number of rotatable bonds is 4. The van der Waals surface area contributed by atoms with E-state index in [0.29, 0.717) is 11.5 Å². The van der Waals surface area contributed by atoms with Gasteiger partial charge in [-0.1, -0.05) is 27.7 Å². The summed E-state index contributed by atoms with van der Waals surface area (Å²) in [6.45, 7) is 9.99. The van der Waals surface area contributed by atoms with Gasteiger partial charge in [0.15, 0.2) is 0 Å². The number of nitrogens with one attached hydrogen (secondary N) is 1. The third-order valence-corrected chi connectivity index (χ3v) is 3.16. The van der Waals surface area contributed by atoms with Crippen LogP contribution in [0.1, 0.15) is 32.7 Å². The molecule has 0 aliphatic heterocycles. The molecule has 0 radical (unpaired) electrons. The third-order valence-electron chi connectivity index (χ3n) is 2.36. The molecule has 14 heavy (non-hydrogen) atoms. The maximum Gasteiger partial charge on any atom is 0.0940 e. The van der Waals surface area contributed by atoms with Gasteiger partial charge in [-0.05, 0) is 12.0 Å². The molecule has 1 heterocycles. The van der Waals surface area contributed by atoms with Crippen molar-refractivity contribution >= 4 is 11.3 Å². The second-order valence-corrected chi connectivity index (χ2v) is 5.59. The minimum atomic E-state index is 0.293. The first-order chi connectivity index (χ1) is 6.54. The normalized spacial score (nSPS) is 14.3. The van der Waals surface area contributed by atoms with E-state index in [1.165, 1.54) is 5.01 Å². The van der Waals surface area contributed by atoms with Crippen LogP contribution in [0.2, 0.25) is 0 Å². The molecule has 0 spiro atoms. The quantitative estimate of drug-likeness (QED) is 0.830. The van der Waals surface area contributed by atoms with Crippen molar-refractivity contribution in [1.82, 2.24) is 10.3 Å². The van der Waals surface area contributed by atoms with Crippen molar-refractivity contribution in [1.29, 1.82) is 0 Å². The van der Waals surface area contributed by atoms with Crippen LogP contribution >= 0.6 is 11.3 Å². The molecule has 1 N–H and O–H groups in total. The number of likely N-dealkylation sites (N-methyl/N-ethyl adjacent to an activating group) is 1. The third kappa shape index (κ3) is 3.39. The Morgan fingerprint density at radius 1 is 1.50 bits per heavy atom. The van der Waals surface area contributed by atoms with Crippen LogP contribution in [-0.2, 0) is 6.42 Å². The van der Waals surface area contributed by atoms with E-state index in [9.17, 15) is 0 Å². The number of thiazole rings is 1. The second kappa shape index (κ2) is 4.89. The highest BCUT2D eigenvalue weighted by Crippen LogP contribution is 2.23. The molecule has 0 saturated carbocycles. The summed E-state index contributed by atoms with van der Waals surface area (Å²) >= 11 is 1.74. The lowest BCUT2D eigenvalue weighted by Crippen LogP contribution is -2.41. The molecule has 80 valence electrons. The predicted molar refractivity (Wildman–Crippen MR) is 62.7 cm³/mol. The van der Waals surface area contributed by atoms with E-state index >= 15 is 0 Å². The Bertz CT molecular complexity index is 249. The Kier molecular flexibility index (Phi) is 4.08. The van der Waals surface area contributed by atoms with Gasteiger partial charge in [0.1, 0.15) is 0 Å². The number of aromatic nitrogens is 1. The van der Waals surface area contributed by atoms with Gasteiger partial charge in [0.2, 0.25) is 0 Å². The zero-order valence-electron chi connectivity index (χ0n) is 9.50. The molecule has 1 unspecified atom stereocenters. The van der Waals surface area contributed by atoms with Gasteiger partial charge in [0, 0.05) is 24.0 Å². The summed E-state index contributed by atoms with van der Waals surface area (Å²) in [5.41, 5.74) is 0.293. The minimum Gasteiger partial charge on any atom is -0.313 e. The van der Waals surface area contributed by atoms with Gasteiger partial charge in [-0.2, -0.15) is 0 Å². The van der Waals surface area contributed by atoms with Crippen LogP contribution in [-0.4, -0.2) is 17.6 Å². The van der Waals surface area contributed by atoms with Crippen molar-refractivity contribution in [2.45, 2.75) is 40.2 Å². The van der Waals surface area contributed by atoms with Gasteiger partial charge < -0.3 is 5.32 Å². The fraction of sp³-hybridized carbons (Fsp3) is 0.727. The van der Waals surface area contributed by atoms with E-state index in [4.69, 9.17) is 0 Å². The van der Waals surface area contributed by atoms with Gasteiger partial charge in [-0.25, -0.2) is 4.98 Å². The zero-order valence-corrected chi connectivity index (χ0v) is 10.3. The van der Waals surface area contributed by atoms with Crippen molar-refractivity contribution in [2.24, 2.45) is 5.41 Å². The first-order valence-electron chi connectivity index (χ1n) is 5.15. The molecule has 1 aromatic rings. The maximum atomic E-state index is 4.33. The molecule has 0 bridgehead atoms. The molecular formula is C11H20N2S. The Morgan fingerprint density at radius 3 is 2.64 bits per heavy atom. The average Bonchev–Trinajstić information content (AvgIpc) is 2.54. The Hall–Kier alpha value is -0.410. The van der Waals surface area contributed by atoms with Crippen molar-refractivity contribution in [2.75, 3.05) is 6.54 Å². The average molecular weight is 212 g/mol. The standard InChI is InChI=1S/C11H20N2S/c1-5-12-9(11(2,3)4)8-10-13-6-7-14-10/h6-7,9,12H,5,8H2,1-4H3. The van der Waals surface area contributed by atoms with E-state index in [0.717, 1.165) is 13.0 Å². The highest BCUT2D eigenvalue weighted by atomic mass is 32.1. The molecular weight excluding hydrogens is 192 g/mol. The van der Waals surface area contributed by atoms with E-state index in [1.54, 1.807) is 11.3 Å². The van der Waals surface area contributed by atoms with Crippen molar-refractivity contribution in [3.8, 4) is 0 Å². The van der Waals surface area contributed by atoms with Crippen molar-refractivity contribution < 1.29 is 0 Å². The monoisotopic (exact) mass is 212 g/mol. The molecule has 1 aromatic heterocycles. The molecule has 0 aliphatic carbocycles. The van der Waals surface area contributed by atoms with Gasteiger partial charge in [-0.3, -0.25) is 0 Å². The number of nitrogens with zero attached hydrogens (tertiary/aromatic N) is 1. The molecule has 0 amide bonds. The minimum absolute atomic E-state index is 0.293. The van der Waals surface area contributed by atoms with Crippen LogP contribution in [0.25, 0.3) is 0 Å². The molecule has 1 rings (SSSR count). The summed E-state index contributed by atoms with van der Waals surface area (Å²) in [5, 5.41) is 6.80. The van der Waals surface area contributed by atoms with Gasteiger partial charge in [-0.15, -0.1) is 11.3 Å². The Balaban J connectivity index is 2.60.